The highest BCUT2D eigenvalue weighted by atomic mass is 79.9. The lowest BCUT2D eigenvalue weighted by molar-refractivity contribution is 0.573. The SMILES string of the molecule is Cc1coc(-c2cc(Br)cn3cc(C)nc23)n1. The second-order valence-electron chi connectivity index (χ2n) is 3.98. The Bertz CT molecular complexity index is 699. The fourth-order valence-electron chi connectivity index (χ4n) is 1.82. The molecule has 0 fully saturated rings. The molecule has 0 unspecified atom stereocenters. The number of imidazole rings is 1. The van der Waals surface area contributed by atoms with Gasteiger partial charge in [0.05, 0.1) is 17.0 Å². The minimum absolute atomic E-state index is 0.597. The number of rotatable bonds is 1. The third-order valence-corrected chi connectivity index (χ3v) is 2.92. The van der Waals surface area contributed by atoms with Crippen molar-refractivity contribution in [1.82, 2.24) is 14.4 Å². The molecule has 0 aliphatic heterocycles. The van der Waals surface area contributed by atoms with Crippen LogP contribution in [0, 0.1) is 13.8 Å². The van der Waals surface area contributed by atoms with Gasteiger partial charge in [-0.25, -0.2) is 9.97 Å². The molecular weight excluding hydrogens is 282 g/mol. The van der Waals surface area contributed by atoms with Gasteiger partial charge in [-0.1, -0.05) is 0 Å². The molecule has 3 rings (SSSR count). The van der Waals surface area contributed by atoms with Crippen LogP contribution in [0.4, 0.5) is 0 Å². The van der Waals surface area contributed by atoms with Gasteiger partial charge in [0.1, 0.15) is 11.9 Å². The van der Waals surface area contributed by atoms with Gasteiger partial charge in [-0.2, -0.15) is 0 Å². The summed E-state index contributed by atoms with van der Waals surface area (Å²) in [5, 5.41) is 0. The highest BCUT2D eigenvalue weighted by molar-refractivity contribution is 9.10. The summed E-state index contributed by atoms with van der Waals surface area (Å²) in [4.78, 5) is 8.82. The molecule has 0 aliphatic carbocycles. The average molecular weight is 292 g/mol. The van der Waals surface area contributed by atoms with Gasteiger partial charge in [0, 0.05) is 16.9 Å². The minimum atomic E-state index is 0.597. The van der Waals surface area contributed by atoms with Crippen LogP contribution < -0.4 is 0 Å². The van der Waals surface area contributed by atoms with Crippen molar-refractivity contribution >= 4 is 21.6 Å². The van der Waals surface area contributed by atoms with Gasteiger partial charge in [0.25, 0.3) is 0 Å². The summed E-state index contributed by atoms with van der Waals surface area (Å²) >= 11 is 3.48. The zero-order chi connectivity index (χ0) is 12.0. The van der Waals surface area contributed by atoms with E-state index in [1.807, 2.05) is 36.7 Å². The van der Waals surface area contributed by atoms with Crippen LogP contribution in [0.3, 0.4) is 0 Å². The number of hydrogen-bond donors (Lipinski definition) is 0. The van der Waals surface area contributed by atoms with E-state index in [1.54, 1.807) is 6.26 Å². The lowest BCUT2D eigenvalue weighted by Crippen LogP contribution is -1.88. The molecule has 0 atom stereocenters. The molecule has 5 heteroatoms. The van der Waals surface area contributed by atoms with E-state index in [1.165, 1.54) is 0 Å². The molecule has 0 aliphatic rings. The quantitative estimate of drug-likeness (QED) is 0.690. The number of halogens is 1. The molecule has 86 valence electrons. The van der Waals surface area contributed by atoms with E-state index in [0.717, 1.165) is 27.1 Å². The molecule has 3 aromatic rings. The van der Waals surface area contributed by atoms with E-state index < -0.39 is 0 Å². The van der Waals surface area contributed by atoms with Crippen molar-refractivity contribution in [3.63, 3.8) is 0 Å². The molecule has 0 saturated heterocycles. The molecule has 3 aromatic heterocycles. The Morgan fingerprint density at radius 2 is 2.00 bits per heavy atom. The van der Waals surface area contributed by atoms with Crippen LogP contribution in [0.15, 0.2) is 33.6 Å². The summed E-state index contributed by atoms with van der Waals surface area (Å²) in [5.41, 5.74) is 3.57. The standard InChI is InChI=1S/C12H10BrN3O/c1-7-4-16-5-9(13)3-10(11(16)14-7)12-15-8(2)6-17-12/h3-6H,1-2H3. The molecule has 0 bridgehead atoms. The first-order chi connectivity index (χ1) is 8.13. The molecule has 3 heterocycles. The number of oxazole rings is 1. The van der Waals surface area contributed by atoms with Gasteiger partial charge in [-0.05, 0) is 35.8 Å². The summed E-state index contributed by atoms with van der Waals surface area (Å²) < 4.78 is 8.37. The van der Waals surface area contributed by atoms with Crippen LogP contribution in [-0.4, -0.2) is 14.4 Å². The number of aryl methyl sites for hydroxylation is 2. The van der Waals surface area contributed by atoms with E-state index in [0.29, 0.717) is 5.89 Å². The summed E-state index contributed by atoms with van der Waals surface area (Å²) in [6.07, 6.45) is 5.58. The van der Waals surface area contributed by atoms with Crippen molar-refractivity contribution in [2.24, 2.45) is 0 Å². The Hall–Kier alpha value is -1.62. The van der Waals surface area contributed by atoms with E-state index in [-0.39, 0.29) is 0 Å². The molecular formula is C12H10BrN3O. The highest BCUT2D eigenvalue weighted by Gasteiger charge is 2.12. The molecule has 0 saturated carbocycles. The van der Waals surface area contributed by atoms with Gasteiger partial charge >= 0.3 is 0 Å². The van der Waals surface area contributed by atoms with Crippen molar-refractivity contribution in [2.45, 2.75) is 13.8 Å². The average Bonchev–Trinajstić information content (AvgIpc) is 2.82. The maximum atomic E-state index is 5.44. The van der Waals surface area contributed by atoms with Crippen molar-refractivity contribution in [1.29, 1.82) is 0 Å². The molecule has 0 amide bonds. The van der Waals surface area contributed by atoms with Crippen LogP contribution in [0.2, 0.25) is 0 Å². The number of pyridine rings is 1. The third kappa shape index (κ3) is 1.76. The maximum absolute atomic E-state index is 5.44. The van der Waals surface area contributed by atoms with Gasteiger partial charge in [0.15, 0.2) is 0 Å². The molecule has 0 aromatic carbocycles. The summed E-state index contributed by atoms with van der Waals surface area (Å²) in [6.45, 7) is 3.87. The van der Waals surface area contributed by atoms with Crippen LogP contribution in [-0.2, 0) is 0 Å². The number of hydrogen-bond acceptors (Lipinski definition) is 3. The Labute approximate surface area is 106 Å². The fourth-order valence-corrected chi connectivity index (χ4v) is 2.27. The van der Waals surface area contributed by atoms with Crippen molar-refractivity contribution < 1.29 is 4.42 Å². The van der Waals surface area contributed by atoms with Crippen molar-refractivity contribution in [3.8, 4) is 11.5 Å². The number of aromatic nitrogens is 3. The highest BCUT2D eigenvalue weighted by Crippen LogP contribution is 2.27. The van der Waals surface area contributed by atoms with E-state index in [2.05, 4.69) is 25.9 Å². The third-order valence-electron chi connectivity index (χ3n) is 2.49. The predicted molar refractivity (Wildman–Crippen MR) is 67.9 cm³/mol. The lowest BCUT2D eigenvalue weighted by atomic mass is 10.2. The zero-order valence-electron chi connectivity index (χ0n) is 9.44. The summed E-state index contributed by atoms with van der Waals surface area (Å²) in [5.74, 6) is 0.597. The van der Waals surface area contributed by atoms with Crippen molar-refractivity contribution in [2.75, 3.05) is 0 Å². The molecule has 0 N–H and O–H groups in total. The number of nitrogens with zero attached hydrogens (tertiary/aromatic N) is 3. The molecule has 0 radical (unpaired) electrons. The van der Waals surface area contributed by atoms with Gasteiger partial charge < -0.3 is 8.82 Å². The van der Waals surface area contributed by atoms with Crippen LogP contribution in [0.5, 0.6) is 0 Å². The maximum Gasteiger partial charge on any atom is 0.229 e. The molecule has 17 heavy (non-hydrogen) atoms. The van der Waals surface area contributed by atoms with E-state index in [4.69, 9.17) is 4.42 Å². The van der Waals surface area contributed by atoms with Gasteiger partial charge in [-0.15, -0.1) is 0 Å². The Balaban J connectivity index is 2.34. The fraction of sp³-hybridized carbons (Fsp3) is 0.167. The smallest absolute Gasteiger partial charge is 0.229 e. The minimum Gasteiger partial charge on any atom is -0.444 e. The predicted octanol–water partition coefficient (Wildman–Crippen LogP) is 3.37. The van der Waals surface area contributed by atoms with Gasteiger partial charge in [-0.3, -0.25) is 0 Å². The summed E-state index contributed by atoms with van der Waals surface area (Å²) in [7, 11) is 0. The summed E-state index contributed by atoms with van der Waals surface area (Å²) in [6, 6.07) is 1.97. The van der Waals surface area contributed by atoms with Gasteiger partial charge in [0.2, 0.25) is 5.89 Å². The van der Waals surface area contributed by atoms with E-state index in [9.17, 15) is 0 Å². The van der Waals surface area contributed by atoms with Crippen LogP contribution in [0.25, 0.3) is 17.1 Å². The number of fused-ring (bicyclic) bond motifs is 1. The molecule has 4 nitrogen and oxygen atoms in total. The first-order valence-corrected chi connectivity index (χ1v) is 6.00. The Morgan fingerprint density at radius 3 is 2.71 bits per heavy atom. The Morgan fingerprint density at radius 1 is 1.18 bits per heavy atom. The van der Waals surface area contributed by atoms with Crippen LogP contribution >= 0.6 is 15.9 Å². The Kier molecular flexibility index (Phi) is 2.29. The topological polar surface area (TPSA) is 43.3 Å². The second-order valence-corrected chi connectivity index (χ2v) is 4.89. The zero-order valence-corrected chi connectivity index (χ0v) is 11.0. The monoisotopic (exact) mass is 291 g/mol. The van der Waals surface area contributed by atoms with Crippen molar-refractivity contribution in [3.05, 3.63) is 40.6 Å². The normalized spacial score (nSPS) is 11.2. The lowest BCUT2D eigenvalue weighted by Gasteiger charge is -2.00. The second kappa shape index (κ2) is 3.70. The molecule has 0 spiro atoms. The van der Waals surface area contributed by atoms with Crippen LogP contribution in [0.1, 0.15) is 11.4 Å². The largest absolute Gasteiger partial charge is 0.444 e. The van der Waals surface area contributed by atoms with E-state index >= 15 is 0 Å². The first kappa shape index (κ1) is 10.5. The first-order valence-electron chi connectivity index (χ1n) is 5.21.